The molecule has 1 atom stereocenters. The Kier molecular flexibility index (Phi) is 9.84. The van der Waals surface area contributed by atoms with Gasteiger partial charge in [0.25, 0.3) is 5.91 Å². The smallest absolute Gasteiger partial charge is 0.251 e. The van der Waals surface area contributed by atoms with Gasteiger partial charge in [-0.1, -0.05) is 35.7 Å². The summed E-state index contributed by atoms with van der Waals surface area (Å²) < 4.78 is 26.0. The van der Waals surface area contributed by atoms with Gasteiger partial charge in [0, 0.05) is 50.8 Å². The Balaban J connectivity index is 1.00. The average Bonchev–Trinajstić information content (AvgIpc) is 3.68. The lowest BCUT2D eigenvalue weighted by molar-refractivity contribution is -0.134. The number of rotatable bonds is 11. The third-order valence-electron chi connectivity index (χ3n) is 8.19. The topological polar surface area (TPSA) is 101 Å². The van der Waals surface area contributed by atoms with Gasteiger partial charge in [-0.05, 0) is 63.3 Å². The van der Waals surface area contributed by atoms with Crippen molar-refractivity contribution in [2.24, 2.45) is 5.92 Å². The third-order valence-corrected chi connectivity index (χ3v) is 8.19. The second kappa shape index (κ2) is 13.9. The van der Waals surface area contributed by atoms with Crippen molar-refractivity contribution in [2.75, 3.05) is 39.3 Å². The van der Waals surface area contributed by atoms with Crippen molar-refractivity contribution in [3.63, 3.8) is 0 Å². The summed E-state index contributed by atoms with van der Waals surface area (Å²) in [6, 6.07) is 11.4. The number of carbonyl (C=O) groups excluding carboxylic acids is 2. The molecule has 1 N–H and O–H groups in total. The first-order chi connectivity index (χ1) is 20.4. The van der Waals surface area contributed by atoms with Crippen LogP contribution in [-0.2, 0) is 11.2 Å². The molecular weight excluding hydrogens is 537 g/mol. The maximum absolute atomic E-state index is 14.8. The van der Waals surface area contributed by atoms with E-state index in [9.17, 15) is 14.0 Å². The van der Waals surface area contributed by atoms with E-state index in [-0.39, 0.29) is 17.6 Å². The van der Waals surface area contributed by atoms with Gasteiger partial charge in [0.2, 0.25) is 17.6 Å². The molecule has 1 saturated heterocycles. The van der Waals surface area contributed by atoms with Gasteiger partial charge >= 0.3 is 0 Å². The number of nitrogens with zero attached hydrogens (tertiary/aromatic N) is 4. The van der Waals surface area contributed by atoms with Crippen LogP contribution in [0.15, 0.2) is 47.0 Å². The summed E-state index contributed by atoms with van der Waals surface area (Å²) in [5.41, 5.74) is 1.92. The van der Waals surface area contributed by atoms with Gasteiger partial charge in [-0.3, -0.25) is 14.5 Å². The van der Waals surface area contributed by atoms with E-state index in [1.54, 1.807) is 36.1 Å². The minimum Gasteiger partial charge on any atom is -0.493 e. The number of benzene rings is 2. The molecule has 2 aliphatic rings. The fourth-order valence-electron chi connectivity index (χ4n) is 5.67. The highest BCUT2D eigenvalue weighted by molar-refractivity contribution is 5.97. The van der Waals surface area contributed by atoms with Crippen LogP contribution in [0.1, 0.15) is 60.8 Å². The fourth-order valence-corrected chi connectivity index (χ4v) is 5.67. The van der Waals surface area contributed by atoms with Crippen molar-refractivity contribution in [2.45, 2.75) is 58.4 Å². The molecule has 42 heavy (non-hydrogen) atoms. The zero-order valence-electron chi connectivity index (χ0n) is 24.5. The second-order valence-corrected chi connectivity index (χ2v) is 11.4. The number of ether oxygens (including phenoxy) is 1. The number of hydrogen-bond acceptors (Lipinski definition) is 7. The first kappa shape index (κ1) is 29.7. The van der Waals surface area contributed by atoms with Crippen LogP contribution in [0.5, 0.6) is 5.75 Å². The number of aromatic nitrogens is 2. The Hall–Kier alpha value is -3.79. The zero-order valence-corrected chi connectivity index (χ0v) is 24.5. The van der Waals surface area contributed by atoms with Gasteiger partial charge < -0.3 is 19.5 Å². The molecule has 224 valence electrons. The van der Waals surface area contributed by atoms with Crippen LogP contribution in [0.2, 0.25) is 0 Å². The first-order valence-corrected chi connectivity index (χ1v) is 15.0. The van der Waals surface area contributed by atoms with Crippen molar-refractivity contribution in [1.82, 2.24) is 25.3 Å². The quantitative estimate of drug-likeness (QED) is 0.331. The normalized spacial score (nSPS) is 16.9. The lowest BCUT2D eigenvalue weighted by atomic mass is 10.0. The van der Waals surface area contributed by atoms with Gasteiger partial charge in [0.1, 0.15) is 17.6 Å². The van der Waals surface area contributed by atoms with Gasteiger partial charge in [0.05, 0.1) is 12.2 Å². The Morgan fingerprint density at radius 2 is 1.83 bits per heavy atom. The molecule has 2 amide bonds. The van der Waals surface area contributed by atoms with Crippen LogP contribution in [0, 0.1) is 18.7 Å². The Morgan fingerprint density at radius 3 is 2.55 bits per heavy atom. The summed E-state index contributed by atoms with van der Waals surface area (Å²) in [6.45, 7) is 7.67. The van der Waals surface area contributed by atoms with Crippen LogP contribution in [-0.4, -0.2) is 77.1 Å². The SMILES string of the molecule is Cc1ccc(C(=O)NC(C)C(=O)N2CCN(CCCOc3ccc(-c4noc(CC5CCCC5)n4)c(F)c3)CC2)cc1. The highest BCUT2D eigenvalue weighted by Crippen LogP contribution is 2.29. The van der Waals surface area contributed by atoms with Crippen molar-refractivity contribution in [1.29, 1.82) is 0 Å². The summed E-state index contributed by atoms with van der Waals surface area (Å²) >= 11 is 0. The minimum absolute atomic E-state index is 0.0743. The first-order valence-electron chi connectivity index (χ1n) is 15.0. The lowest BCUT2D eigenvalue weighted by Crippen LogP contribution is -2.54. The third kappa shape index (κ3) is 7.73. The predicted molar refractivity (Wildman–Crippen MR) is 157 cm³/mol. The number of halogens is 1. The van der Waals surface area contributed by atoms with Gasteiger partial charge in [-0.2, -0.15) is 4.98 Å². The molecule has 1 aromatic heterocycles. The molecule has 2 aromatic carbocycles. The van der Waals surface area contributed by atoms with Gasteiger partial charge in [-0.15, -0.1) is 0 Å². The van der Waals surface area contributed by atoms with E-state index in [4.69, 9.17) is 9.26 Å². The highest BCUT2D eigenvalue weighted by atomic mass is 19.1. The van der Waals surface area contributed by atoms with E-state index in [1.807, 2.05) is 19.1 Å². The van der Waals surface area contributed by atoms with Crippen LogP contribution >= 0.6 is 0 Å². The van der Waals surface area contributed by atoms with Gasteiger partial charge in [0.15, 0.2) is 0 Å². The molecular formula is C32H40FN5O4. The molecule has 0 radical (unpaired) electrons. The molecule has 0 spiro atoms. The van der Waals surface area contributed by atoms with E-state index in [2.05, 4.69) is 20.4 Å². The molecule has 5 rings (SSSR count). The standard InChI is InChI=1S/C32H40FN5O4/c1-22-8-10-25(11-9-22)31(39)34-23(2)32(40)38-17-15-37(16-18-38)14-5-19-41-26-12-13-27(28(33)21-26)30-35-29(42-36-30)20-24-6-3-4-7-24/h8-13,21,23-24H,3-7,14-20H2,1-2H3,(H,34,39). The molecule has 3 aromatic rings. The van der Waals surface area contributed by atoms with Crippen LogP contribution in [0.4, 0.5) is 4.39 Å². The Labute approximate surface area is 246 Å². The summed E-state index contributed by atoms with van der Waals surface area (Å²) in [6.07, 6.45) is 6.39. The van der Waals surface area contributed by atoms with Crippen molar-refractivity contribution in [3.05, 3.63) is 65.3 Å². The lowest BCUT2D eigenvalue weighted by Gasteiger charge is -2.36. The van der Waals surface area contributed by atoms with Crippen molar-refractivity contribution in [3.8, 4) is 17.1 Å². The number of piperazine rings is 1. The van der Waals surface area contributed by atoms with E-state index in [0.717, 1.165) is 38.0 Å². The maximum atomic E-state index is 14.8. The van der Waals surface area contributed by atoms with E-state index >= 15 is 0 Å². The number of hydrogen-bond donors (Lipinski definition) is 1. The molecule has 1 unspecified atom stereocenters. The van der Waals surface area contributed by atoms with E-state index in [0.29, 0.717) is 48.4 Å². The van der Waals surface area contributed by atoms with E-state index in [1.165, 1.54) is 31.7 Å². The van der Waals surface area contributed by atoms with Crippen LogP contribution in [0.3, 0.4) is 0 Å². The molecule has 2 fully saturated rings. The Bertz CT molecular complexity index is 1350. The van der Waals surface area contributed by atoms with Crippen molar-refractivity contribution < 1.29 is 23.2 Å². The molecule has 0 bridgehead atoms. The fraction of sp³-hybridized carbons (Fsp3) is 0.500. The molecule has 1 saturated carbocycles. The zero-order chi connectivity index (χ0) is 29.5. The molecule has 1 aliphatic carbocycles. The maximum Gasteiger partial charge on any atom is 0.251 e. The minimum atomic E-state index is -0.593. The largest absolute Gasteiger partial charge is 0.493 e. The average molecular weight is 578 g/mol. The molecule has 10 heteroatoms. The predicted octanol–water partition coefficient (Wildman–Crippen LogP) is 4.65. The second-order valence-electron chi connectivity index (χ2n) is 11.4. The molecule has 2 heterocycles. The van der Waals surface area contributed by atoms with E-state index < -0.39 is 11.9 Å². The highest BCUT2D eigenvalue weighted by Gasteiger charge is 2.26. The van der Waals surface area contributed by atoms with Crippen LogP contribution in [0.25, 0.3) is 11.4 Å². The number of carbonyl (C=O) groups is 2. The van der Waals surface area contributed by atoms with Crippen molar-refractivity contribution >= 4 is 11.8 Å². The van der Waals surface area contributed by atoms with Crippen LogP contribution < -0.4 is 10.1 Å². The summed E-state index contributed by atoms with van der Waals surface area (Å²) in [5.74, 6) is 1.12. The van der Waals surface area contributed by atoms with Gasteiger partial charge in [-0.25, -0.2) is 4.39 Å². The summed E-state index contributed by atoms with van der Waals surface area (Å²) in [4.78, 5) is 33.9. The monoisotopic (exact) mass is 577 g/mol. The number of nitrogens with one attached hydrogen (secondary N) is 1. The number of aryl methyl sites for hydroxylation is 1. The Morgan fingerprint density at radius 1 is 1.10 bits per heavy atom. The number of amides is 2. The molecule has 9 nitrogen and oxygen atoms in total. The summed E-state index contributed by atoms with van der Waals surface area (Å²) in [5, 5.41) is 6.80. The molecule has 1 aliphatic heterocycles. The summed E-state index contributed by atoms with van der Waals surface area (Å²) in [7, 11) is 0.